The van der Waals surface area contributed by atoms with Crippen molar-refractivity contribution >= 4 is 5.95 Å². The summed E-state index contributed by atoms with van der Waals surface area (Å²) in [4.78, 5) is 2.31. The second-order valence-electron chi connectivity index (χ2n) is 5.31. The predicted molar refractivity (Wildman–Crippen MR) is 71.2 cm³/mol. The molecule has 2 atom stereocenters. The van der Waals surface area contributed by atoms with Gasteiger partial charge in [-0.05, 0) is 34.4 Å². The summed E-state index contributed by atoms with van der Waals surface area (Å²) in [6.45, 7) is 4.33. The number of fused-ring (bicyclic) bond motifs is 1. The van der Waals surface area contributed by atoms with E-state index < -0.39 is 0 Å². The summed E-state index contributed by atoms with van der Waals surface area (Å²) in [5, 5.41) is 15.6. The van der Waals surface area contributed by atoms with Gasteiger partial charge in [0.15, 0.2) is 0 Å². The lowest BCUT2D eigenvalue weighted by atomic mass is 10.0. The molecule has 2 aliphatic rings. The van der Waals surface area contributed by atoms with Crippen molar-refractivity contribution in [3.63, 3.8) is 0 Å². The highest BCUT2D eigenvalue weighted by Crippen LogP contribution is 2.29. The maximum absolute atomic E-state index is 4.21. The van der Waals surface area contributed by atoms with E-state index in [1.54, 1.807) is 0 Å². The molecule has 4 rings (SSSR count). The molecule has 98 valence electrons. The first-order valence-corrected chi connectivity index (χ1v) is 6.71. The Morgan fingerprint density at radius 2 is 1.79 bits per heavy atom. The molecule has 0 aliphatic carbocycles. The highest BCUT2D eigenvalue weighted by Gasteiger charge is 2.37. The topological polar surface area (TPSA) is 58.9 Å². The monoisotopic (exact) mass is 256 g/mol. The van der Waals surface area contributed by atoms with Gasteiger partial charge < -0.3 is 10.2 Å². The quantitative estimate of drug-likeness (QED) is 0.838. The van der Waals surface area contributed by atoms with Crippen LogP contribution < -0.4 is 10.2 Å². The van der Waals surface area contributed by atoms with Crippen LogP contribution in [0.25, 0.3) is 5.69 Å². The van der Waals surface area contributed by atoms with Crippen molar-refractivity contribution in [1.29, 1.82) is 0 Å². The van der Waals surface area contributed by atoms with E-state index in [0.717, 1.165) is 49.7 Å². The molecule has 6 nitrogen and oxygen atoms in total. The Kier molecular flexibility index (Phi) is 2.48. The third-order valence-electron chi connectivity index (χ3n) is 4.13. The van der Waals surface area contributed by atoms with E-state index >= 15 is 0 Å². The molecular weight excluding hydrogens is 240 g/mol. The van der Waals surface area contributed by atoms with Crippen LogP contribution in [0.2, 0.25) is 0 Å². The standard InChI is InChI=1S/C13H16N6/c1-2-4-12(5-3-1)19-13(15-16-17-19)18-8-10-6-14-7-11(10)9-18/h1-5,10-11,14H,6-9H2. The fourth-order valence-corrected chi connectivity index (χ4v) is 3.13. The van der Waals surface area contributed by atoms with Crippen molar-refractivity contribution < 1.29 is 0 Å². The molecule has 3 heterocycles. The first-order valence-electron chi connectivity index (χ1n) is 6.71. The van der Waals surface area contributed by atoms with Crippen molar-refractivity contribution in [1.82, 2.24) is 25.5 Å². The summed E-state index contributed by atoms with van der Waals surface area (Å²) in [6, 6.07) is 10.1. The lowest BCUT2D eigenvalue weighted by Crippen LogP contribution is -2.28. The van der Waals surface area contributed by atoms with Crippen LogP contribution >= 0.6 is 0 Å². The Bertz CT molecular complexity index is 554. The molecule has 0 saturated carbocycles. The molecule has 6 heteroatoms. The molecular formula is C13H16N6. The zero-order valence-electron chi connectivity index (χ0n) is 10.6. The normalized spacial score (nSPS) is 25.8. The molecule has 1 aromatic carbocycles. The fraction of sp³-hybridized carbons (Fsp3) is 0.462. The SMILES string of the molecule is c1ccc(-n2nnnc2N2CC3CNCC3C2)cc1. The Morgan fingerprint density at radius 3 is 2.53 bits per heavy atom. The van der Waals surface area contributed by atoms with Gasteiger partial charge in [-0.1, -0.05) is 23.3 Å². The smallest absolute Gasteiger partial charge is 0.250 e. The van der Waals surface area contributed by atoms with Gasteiger partial charge in [0, 0.05) is 26.2 Å². The molecule has 2 saturated heterocycles. The van der Waals surface area contributed by atoms with Crippen LogP contribution in [-0.4, -0.2) is 46.4 Å². The van der Waals surface area contributed by atoms with E-state index in [1.807, 2.05) is 35.0 Å². The minimum absolute atomic E-state index is 0.737. The van der Waals surface area contributed by atoms with Gasteiger partial charge in [-0.15, -0.1) is 0 Å². The second kappa shape index (κ2) is 4.31. The van der Waals surface area contributed by atoms with Gasteiger partial charge in [0.2, 0.25) is 5.95 Å². The summed E-state index contributed by atoms with van der Waals surface area (Å²) in [5.74, 6) is 2.34. The molecule has 1 aromatic heterocycles. The molecule has 2 aliphatic heterocycles. The van der Waals surface area contributed by atoms with E-state index in [9.17, 15) is 0 Å². The summed E-state index contributed by atoms with van der Waals surface area (Å²) < 4.78 is 1.83. The zero-order valence-corrected chi connectivity index (χ0v) is 10.6. The molecule has 0 amide bonds. The van der Waals surface area contributed by atoms with Crippen LogP contribution in [0, 0.1) is 11.8 Å². The van der Waals surface area contributed by atoms with Crippen molar-refractivity contribution in [2.24, 2.45) is 11.8 Å². The molecule has 0 spiro atoms. The van der Waals surface area contributed by atoms with E-state index in [-0.39, 0.29) is 0 Å². The van der Waals surface area contributed by atoms with Gasteiger partial charge in [0.25, 0.3) is 0 Å². The van der Waals surface area contributed by atoms with Gasteiger partial charge in [0.05, 0.1) is 5.69 Å². The third-order valence-corrected chi connectivity index (χ3v) is 4.13. The van der Waals surface area contributed by atoms with Gasteiger partial charge in [-0.3, -0.25) is 0 Å². The summed E-state index contributed by atoms with van der Waals surface area (Å²) in [7, 11) is 0. The Hall–Kier alpha value is -1.95. The van der Waals surface area contributed by atoms with Crippen LogP contribution in [0.4, 0.5) is 5.95 Å². The van der Waals surface area contributed by atoms with Crippen molar-refractivity contribution in [3.05, 3.63) is 30.3 Å². The number of para-hydroxylation sites is 1. The highest BCUT2D eigenvalue weighted by atomic mass is 15.6. The molecule has 1 N–H and O–H groups in total. The Morgan fingerprint density at radius 1 is 1.05 bits per heavy atom. The fourth-order valence-electron chi connectivity index (χ4n) is 3.13. The lowest BCUT2D eigenvalue weighted by Gasteiger charge is -2.17. The Labute approximate surface area is 111 Å². The average Bonchev–Trinajstić information content (AvgIpc) is 3.14. The first kappa shape index (κ1) is 10.9. The number of rotatable bonds is 2. The minimum Gasteiger partial charge on any atom is -0.339 e. The average molecular weight is 256 g/mol. The number of tetrazole rings is 1. The van der Waals surface area contributed by atoms with Gasteiger partial charge in [-0.25, -0.2) is 0 Å². The van der Waals surface area contributed by atoms with E-state index in [4.69, 9.17) is 0 Å². The number of nitrogens with zero attached hydrogens (tertiary/aromatic N) is 5. The maximum atomic E-state index is 4.21. The number of hydrogen-bond acceptors (Lipinski definition) is 5. The number of anilines is 1. The Balaban J connectivity index is 1.65. The van der Waals surface area contributed by atoms with Gasteiger partial charge in [0.1, 0.15) is 0 Å². The van der Waals surface area contributed by atoms with E-state index in [1.165, 1.54) is 0 Å². The van der Waals surface area contributed by atoms with Crippen LogP contribution in [0.15, 0.2) is 30.3 Å². The van der Waals surface area contributed by atoms with E-state index in [0.29, 0.717) is 0 Å². The van der Waals surface area contributed by atoms with Crippen molar-refractivity contribution in [2.75, 3.05) is 31.1 Å². The van der Waals surface area contributed by atoms with Crippen LogP contribution in [0.1, 0.15) is 0 Å². The summed E-state index contributed by atoms with van der Waals surface area (Å²) >= 11 is 0. The number of aromatic nitrogens is 4. The van der Waals surface area contributed by atoms with Crippen molar-refractivity contribution in [3.8, 4) is 5.69 Å². The summed E-state index contributed by atoms with van der Waals surface area (Å²) in [5.41, 5.74) is 1.01. The molecule has 19 heavy (non-hydrogen) atoms. The maximum Gasteiger partial charge on any atom is 0.250 e. The van der Waals surface area contributed by atoms with Crippen LogP contribution in [0.3, 0.4) is 0 Å². The van der Waals surface area contributed by atoms with Gasteiger partial charge in [-0.2, -0.15) is 4.68 Å². The molecule has 2 aromatic rings. The second-order valence-corrected chi connectivity index (χ2v) is 5.31. The lowest BCUT2D eigenvalue weighted by molar-refractivity contribution is 0.533. The number of hydrogen-bond donors (Lipinski definition) is 1. The molecule has 0 bridgehead atoms. The van der Waals surface area contributed by atoms with Crippen molar-refractivity contribution in [2.45, 2.75) is 0 Å². The van der Waals surface area contributed by atoms with Crippen LogP contribution in [-0.2, 0) is 0 Å². The zero-order chi connectivity index (χ0) is 12.7. The summed E-state index contributed by atoms with van der Waals surface area (Å²) in [6.07, 6.45) is 0. The number of benzene rings is 1. The third kappa shape index (κ3) is 1.79. The molecule has 0 radical (unpaired) electrons. The highest BCUT2D eigenvalue weighted by molar-refractivity contribution is 5.41. The largest absolute Gasteiger partial charge is 0.339 e. The molecule has 2 fully saturated rings. The van der Waals surface area contributed by atoms with E-state index in [2.05, 4.69) is 25.7 Å². The van der Waals surface area contributed by atoms with Crippen LogP contribution in [0.5, 0.6) is 0 Å². The number of nitrogens with one attached hydrogen (secondary N) is 1. The molecule has 2 unspecified atom stereocenters. The van der Waals surface area contributed by atoms with Gasteiger partial charge >= 0.3 is 0 Å². The minimum atomic E-state index is 0.737. The predicted octanol–water partition coefficient (Wildman–Crippen LogP) is 0.318. The first-order chi connectivity index (χ1) is 9.42.